The zero-order valence-corrected chi connectivity index (χ0v) is 31.7. The molecule has 0 N–H and O–H groups in total. The van der Waals surface area contributed by atoms with Gasteiger partial charge in [0, 0.05) is 116 Å². The minimum atomic E-state index is 0.124. The van der Waals surface area contributed by atoms with Crippen LogP contribution in [0.2, 0.25) is 0 Å². The third-order valence-corrected chi connectivity index (χ3v) is 9.07. The SMILES string of the molecule is BrBr.CC(=O)c1ccc(N2CCN(Cc3ccccc3)CC2)cc1.O=C(CBr)c1ccc(N2CCN(Cc3ccccc3)CC2)cc1. The minimum absolute atomic E-state index is 0.124. The normalized spacial score (nSPS) is 15.1. The lowest BCUT2D eigenvalue weighted by Crippen LogP contribution is -2.45. The molecule has 4 aromatic rings. The molecule has 6 rings (SSSR count). The Morgan fingerprint density at radius 2 is 0.894 bits per heavy atom. The van der Waals surface area contributed by atoms with Crippen LogP contribution in [0.4, 0.5) is 11.4 Å². The van der Waals surface area contributed by atoms with E-state index in [1.54, 1.807) is 6.92 Å². The van der Waals surface area contributed by atoms with E-state index in [0.29, 0.717) is 5.33 Å². The average molecular weight is 827 g/mol. The molecular weight excluding hydrogens is 784 g/mol. The molecule has 47 heavy (non-hydrogen) atoms. The number of rotatable bonds is 9. The fourth-order valence-electron chi connectivity index (χ4n) is 5.85. The number of halogens is 3. The van der Waals surface area contributed by atoms with Gasteiger partial charge in [-0.15, -0.1) is 0 Å². The molecule has 0 bridgehead atoms. The Morgan fingerprint density at radius 1 is 0.532 bits per heavy atom. The molecule has 4 aromatic carbocycles. The zero-order chi connectivity index (χ0) is 33.4. The lowest BCUT2D eigenvalue weighted by molar-refractivity contribution is 0.101. The third kappa shape index (κ3) is 11.7. The van der Waals surface area contributed by atoms with Gasteiger partial charge in [0.25, 0.3) is 0 Å². The van der Waals surface area contributed by atoms with E-state index in [4.69, 9.17) is 0 Å². The number of anilines is 2. The highest BCUT2D eigenvalue weighted by Crippen LogP contribution is 2.20. The highest BCUT2D eigenvalue weighted by atomic mass is 80.9. The van der Waals surface area contributed by atoms with E-state index in [2.05, 4.69) is 149 Å². The van der Waals surface area contributed by atoms with Crippen molar-refractivity contribution in [2.75, 3.05) is 67.5 Å². The van der Waals surface area contributed by atoms with Crippen molar-refractivity contribution in [3.8, 4) is 0 Å². The summed E-state index contributed by atoms with van der Waals surface area (Å²) in [4.78, 5) is 32.8. The van der Waals surface area contributed by atoms with Crippen molar-refractivity contribution in [1.29, 1.82) is 0 Å². The number of nitrogens with zero attached hydrogens (tertiary/aromatic N) is 4. The standard InChI is InChI=1S/C19H21BrN2O.C19H22N2O.Br2/c20-14-19(23)17-6-8-18(9-7-17)22-12-10-21(11-13-22)15-16-4-2-1-3-5-16;1-16(22)18-7-9-19(10-8-18)21-13-11-20(12-14-21)15-17-5-3-2-4-6-17;1-2/h1-9H,10-15H2;2-10H,11-15H2,1H3;. The van der Waals surface area contributed by atoms with Gasteiger partial charge in [0.15, 0.2) is 11.6 Å². The van der Waals surface area contributed by atoms with Gasteiger partial charge in [-0.25, -0.2) is 0 Å². The molecule has 2 saturated heterocycles. The molecule has 6 nitrogen and oxygen atoms in total. The highest BCUT2D eigenvalue weighted by molar-refractivity contribution is 9.93. The third-order valence-electron chi connectivity index (χ3n) is 8.56. The molecule has 0 spiro atoms. The number of piperazine rings is 2. The van der Waals surface area contributed by atoms with Crippen molar-refractivity contribution in [3.63, 3.8) is 0 Å². The molecular formula is C38H43Br3N4O2. The molecule has 0 atom stereocenters. The topological polar surface area (TPSA) is 47.1 Å². The second-order valence-electron chi connectivity index (χ2n) is 11.7. The zero-order valence-electron chi connectivity index (χ0n) is 26.9. The number of alkyl halides is 1. The van der Waals surface area contributed by atoms with Gasteiger partial charge in [-0.2, -0.15) is 0 Å². The van der Waals surface area contributed by atoms with E-state index >= 15 is 0 Å². The van der Waals surface area contributed by atoms with E-state index in [1.165, 1.54) is 22.5 Å². The predicted octanol–water partition coefficient (Wildman–Crippen LogP) is 8.49. The van der Waals surface area contributed by atoms with Crippen molar-refractivity contribution in [1.82, 2.24) is 9.80 Å². The molecule has 0 aromatic heterocycles. The Balaban J connectivity index is 0.000000202. The molecule has 2 heterocycles. The first-order chi connectivity index (χ1) is 23.0. The number of ketones is 2. The summed E-state index contributed by atoms with van der Waals surface area (Å²) < 4.78 is 0. The first-order valence-electron chi connectivity index (χ1n) is 16.0. The van der Waals surface area contributed by atoms with Gasteiger partial charge in [-0.3, -0.25) is 19.4 Å². The number of carbonyl (C=O) groups excluding carboxylic acids is 2. The van der Waals surface area contributed by atoms with Gasteiger partial charge in [-0.05, 0) is 66.6 Å². The van der Waals surface area contributed by atoms with E-state index in [1.807, 2.05) is 24.3 Å². The van der Waals surface area contributed by atoms with Crippen LogP contribution in [0.1, 0.15) is 38.8 Å². The molecule has 2 aliphatic heterocycles. The average Bonchev–Trinajstić information content (AvgIpc) is 3.14. The van der Waals surface area contributed by atoms with Crippen LogP contribution < -0.4 is 9.80 Å². The van der Waals surface area contributed by atoms with E-state index < -0.39 is 0 Å². The van der Waals surface area contributed by atoms with Crippen LogP contribution >= 0.6 is 44.2 Å². The fourth-order valence-corrected chi connectivity index (χ4v) is 6.18. The summed E-state index contributed by atoms with van der Waals surface area (Å²) in [6.45, 7) is 12.1. The smallest absolute Gasteiger partial charge is 0.173 e. The van der Waals surface area contributed by atoms with E-state index in [9.17, 15) is 9.59 Å². The Labute approximate surface area is 303 Å². The summed E-state index contributed by atoms with van der Waals surface area (Å²) in [5.41, 5.74) is 6.72. The molecule has 2 aliphatic rings. The number of benzene rings is 4. The van der Waals surface area contributed by atoms with Crippen LogP contribution in [0.3, 0.4) is 0 Å². The van der Waals surface area contributed by atoms with Gasteiger partial charge < -0.3 is 9.80 Å². The summed E-state index contributed by atoms with van der Waals surface area (Å²) in [5.74, 6) is 0.253. The van der Waals surface area contributed by atoms with Crippen molar-refractivity contribution < 1.29 is 9.59 Å². The van der Waals surface area contributed by atoms with Gasteiger partial charge in [0.2, 0.25) is 0 Å². The largest absolute Gasteiger partial charge is 0.369 e. The summed E-state index contributed by atoms with van der Waals surface area (Å²) in [6.07, 6.45) is 0. The van der Waals surface area contributed by atoms with Crippen molar-refractivity contribution in [3.05, 3.63) is 131 Å². The summed E-state index contributed by atoms with van der Waals surface area (Å²) in [7, 11) is 0. The quantitative estimate of drug-likeness (QED) is 0.125. The summed E-state index contributed by atoms with van der Waals surface area (Å²) >= 11 is 8.71. The van der Waals surface area contributed by atoms with Crippen LogP contribution in [-0.2, 0) is 13.1 Å². The molecule has 2 fully saturated rings. The van der Waals surface area contributed by atoms with Crippen LogP contribution in [0, 0.1) is 0 Å². The van der Waals surface area contributed by atoms with Crippen LogP contribution in [-0.4, -0.2) is 79.1 Å². The Morgan fingerprint density at radius 3 is 1.23 bits per heavy atom. The van der Waals surface area contributed by atoms with Crippen molar-refractivity contribution in [2.24, 2.45) is 0 Å². The molecule has 0 saturated carbocycles. The van der Waals surface area contributed by atoms with Crippen LogP contribution in [0.5, 0.6) is 0 Å². The van der Waals surface area contributed by atoms with E-state index in [0.717, 1.165) is 76.6 Å². The lowest BCUT2D eigenvalue weighted by atomic mass is 10.1. The highest BCUT2D eigenvalue weighted by Gasteiger charge is 2.19. The number of carbonyl (C=O) groups is 2. The fraction of sp³-hybridized carbons (Fsp3) is 0.316. The van der Waals surface area contributed by atoms with Gasteiger partial charge in [0.05, 0.1) is 5.33 Å². The molecule has 0 unspecified atom stereocenters. The van der Waals surface area contributed by atoms with Gasteiger partial charge in [-0.1, -0.05) is 76.6 Å². The Bertz CT molecular complexity index is 1490. The second-order valence-corrected chi connectivity index (χ2v) is 12.3. The second kappa shape index (κ2) is 19.9. The lowest BCUT2D eigenvalue weighted by Gasteiger charge is -2.36. The molecule has 0 aliphatic carbocycles. The minimum Gasteiger partial charge on any atom is -0.369 e. The van der Waals surface area contributed by atoms with Crippen molar-refractivity contribution in [2.45, 2.75) is 20.0 Å². The molecule has 9 heteroatoms. The summed E-state index contributed by atoms with van der Waals surface area (Å²) in [5, 5.41) is 0.379. The van der Waals surface area contributed by atoms with Gasteiger partial charge in [0.1, 0.15) is 0 Å². The van der Waals surface area contributed by atoms with E-state index in [-0.39, 0.29) is 11.6 Å². The van der Waals surface area contributed by atoms with Crippen LogP contribution in [0.25, 0.3) is 0 Å². The Kier molecular flexibility index (Phi) is 15.6. The number of Topliss-reactive ketones (excluding diaryl/α,β-unsaturated/α-hetero) is 2. The maximum Gasteiger partial charge on any atom is 0.173 e. The predicted molar refractivity (Wildman–Crippen MR) is 207 cm³/mol. The molecule has 0 radical (unpaired) electrons. The number of hydrogen-bond acceptors (Lipinski definition) is 6. The maximum atomic E-state index is 11.7. The molecule has 248 valence electrons. The van der Waals surface area contributed by atoms with Gasteiger partial charge >= 0.3 is 0 Å². The first-order valence-corrected chi connectivity index (χ1v) is 20.8. The summed E-state index contributed by atoms with van der Waals surface area (Å²) in [6, 6.07) is 37.2. The number of hydrogen-bond donors (Lipinski definition) is 0. The van der Waals surface area contributed by atoms with Crippen molar-refractivity contribution >= 4 is 67.1 Å². The van der Waals surface area contributed by atoms with Crippen LogP contribution in [0.15, 0.2) is 109 Å². The monoisotopic (exact) mass is 824 g/mol. The Hall–Kier alpha value is -2.82. The molecule has 0 amide bonds. The maximum absolute atomic E-state index is 11.7. The first kappa shape index (κ1) is 37.0.